The largest absolute Gasteiger partial charge is 0.396 e. The lowest BCUT2D eigenvalue weighted by atomic mass is 10.1. The molecule has 144 valence electrons. The number of carbonyl (C=O) groups excluding carboxylic acids is 2. The number of unbranched alkanes of at least 4 members (excludes halogenated alkanes) is 7. The number of aliphatic hydroxyl groups is 2. The molecule has 0 rings (SSSR count). The molecule has 0 saturated heterocycles. The van der Waals surface area contributed by atoms with Crippen LogP contribution in [0.4, 0.5) is 0 Å². The highest BCUT2D eigenvalue weighted by atomic mass is 16.8. The van der Waals surface area contributed by atoms with Gasteiger partial charge in [-0.3, -0.25) is 0 Å². The maximum Gasteiger partial charge on any atom is 0.373 e. The number of aliphatic hydroxyl groups excluding tert-OH is 1. The lowest BCUT2D eigenvalue weighted by molar-refractivity contribution is -0.325. The third-order valence-electron chi connectivity index (χ3n) is 3.60. The maximum atomic E-state index is 11.7. The first-order valence-corrected chi connectivity index (χ1v) is 8.83. The lowest BCUT2D eigenvalue weighted by Gasteiger charge is -2.27. The quantitative estimate of drug-likeness (QED) is 0.214. The summed E-state index contributed by atoms with van der Waals surface area (Å²) in [7, 11) is 0. The molecule has 0 fully saturated rings. The van der Waals surface area contributed by atoms with Gasteiger partial charge in [0.05, 0.1) is 6.42 Å². The number of hydrogen-bond acceptors (Lipinski definition) is 6. The number of carbonyl (C=O) groups is 2. The fourth-order valence-electron chi connectivity index (χ4n) is 2.11. The van der Waals surface area contributed by atoms with Crippen LogP contribution < -0.4 is 0 Å². The van der Waals surface area contributed by atoms with E-state index >= 15 is 0 Å². The van der Waals surface area contributed by atoms with Gasteiger partial charge in [0, 0.05) is 17.8 Å². The zero-order chi connectivity index (χ0) is 19.3. The fraction of sp³-hybridized carbons (Fsp3) is 0.684. The molecule has 0 aromatic rings. The predicted molar refractivity (Wildman–Crippen MR) is 95.4 cm³/mol. The summed E-state index contributed by atoms with van der Waals surface area (Å²) in [6.07, 6.45) is 7.45. The highest BCUT2D eigenvalue weighted by Gasteiger charge is 2.36. The summed E-state index contributed by atoms with van der Waals surface area (Å²) >= 11 is 0. The van der Waals surface area contributed by atoms with Gasteiger partial charge in [-0.05, 0) is 26.7 Å². The molecule has 0 aromatic heterocycles. The molecule has 0 aliphatic carbocycles. The molecule has 0 atom stereocenters. The third-order valence-corrected chi connectivity index (χ3v) is 3.60. The Bertz CT molecular complexity index is 427. The molecule has 0 spiro atoms. The first kappa shape index (κ1) is 23.3. The summed E-state index contributed by atoms with van der Waals surface area (Å²) < 4.78 is 9.80. The summed E-state index contributed by atoms with van der Waals surface area (Å²) in [5.41, 5.74) is 0.209. The molecule has 6 nitrogen and oxygen atoms in total. The van der Waals surface area contributed by atoms with Gasteiger partial charge in [-0.15, -0.1) is 0 Å². The maximum absolute atomic E-state index is 11.7. The van der Waals surface area contributed by atoms with E-state index in [0.29, 0.717) is 6.42 Å². The van der Waals surface area contributed by atoms with Gasteiger partial charge in [0.25, 0.3) is 0 Å². The molecular formula is C19H32O6. The Kier molecular flexibility index (Phi) is 11.8. The molecule has 25 heavy (non-hydrogen) atoms. The summed E-state index contributed by atoms with van der Waals surface area (Å²) in [6.45, 7) is 10.0. The summed E-state index contributed by atoms with van der Waals surface area (Å²) in [5, 5.41) is 19.1. The molecule has 0 amide bonds. The van der Waals surface area contributed by atoms with E-state index in [0.717, 1.165) is 44.9 Å². The smallest absolute Gasteiger partial charge is 0.373 e. The van der Waals surface area contributed by atoms with Crippen LogP contribution in [0, 0.1) is 0 Å². The van der Waals surface area contributed by atoms with Crippen molar-refractivity contribution in [1.29, 1.82) is 0 Å². The van der Waals surface area contributed by atoms with Crippen molar-refractivity contribution in [2.75, 3.05) is 6.61 Å². The molecule has 0 heterocycles. The van der Waals surface area contributed by atoms with Gasteiger partial charge in [0.15, 0.2) is 0 Å². The average molecular weight is 356 g/mol. The van der Waals surface area contributed by atoms with Crippen LogP contribution in [0.1, 0.15) is 71.6 Å². The van der Waals surface area contributed by atoms with Crippen molar-refractivity contribution in [3.8, 4) is 0 Å². The minimum atomic E-state index is -2.30. The van der Waals surface area contributed by atoms with Crippen molar-refractivity contribution in [1.82, 2.24) is 0 Å². The van der Waals surface area contributed by atoms with E-state index in [4.69, 9.17) is 14.6 Å². The van der Waals surface area contributed by atoms with E-state index < -0.39 is 17.9 Å². The highest BCUT2D eigenvalue weighted by Crippen LogP contribution is 2.22. The lowest BCUT2D eigenvalue weighted by Crippen LogP contribution is -2.40. The topological polar surface area (TPSA) is 93.1 Å². The minimum Gasteiger partial charge on any atom is -0.396 e. The number of hydrogen-bond donors (Lipinski definition) is 2. The SMILES string of the molecule is C=C(C)C(=O)OC(O)(CCCCCCCCCCO)OC(=O)C(=C)C. The molecule has 0 aromatic carbocycles. The van der Waals surface area contributed by atoms with E-state index in [9.17, 15) is 14.7 Å². The molecule has 0 unspecified atom stereocenters. The Morgan fingerprint density at radius 1 is 0.800 bits per heavy atom. The Morgan fingerprint density at radius 3 is 1.52 bits per heavy atom. The van der Waals surface area contributed by atoms with Crippen LogP contribution in [-0.4, -0.2) is 34.7 Å². The second-order valence-corrected chi connectivity index (χ2v) is 6.35. The Morgan fingerprint density at radius 2 is 1.16 bits per heavy atom. The fourth-order valence-corrected chi connectivity index (χ4v) is 2.11. The first-order chi connectivity index (χ1) is 11.7. The van der Waals surface area contributed by atoms with E-state index in [-0.39, 0.29) is 24.2 Å². The second kappa shape index (κ2) is 12.7. The zero-order valence-electron chi connectivity index (χ0n) is 15.5. The molecular weight excluding hydrogens is 324 g/mol. The van der Waals surface area contributed by atoms with Crippen molar-refractivity contribution < 1.29 is 29.3 Å². The number of esters is 2. The van der Waals surface area contributed by atoms with Gasteiger partial charge < -0.3 is 19.7 Å². The monoisotopic (exact) mass is 356 g/mol. The van der Waals surface area contributed by atoms with Crippen molar-refractivity contribution in [3.05, 3.63) is 24.3 Å². The van der Waals surface area contributed by atoms with E-state index in [1.165, 1.54) is 13.8 Å². The van der Waals surface area contributed by atoms with Crippen LogP contribution in [0.15, 0.2) is 24.3 Å². The molecule has 0 aliphatic rings. The van der Waals surface area contributed by atoms with Crippen molar-refractivity contribution >= 4 is 11.9 Å². The number of ether oxygens (including phenoxy) is 2. The molecule has 0 aliphatic heterocycles. The zero-order valence-corrected chi connectivity index (χ0v) is 15.5. The van der Waals surface area contributed by atoms with Crippen LogP contribution in [0.2, 0.25) is 0 Å². The Balaban J connectivity index is 4.30. The Hall–Kier alpha value is -1.66. The van der Waals surface area contributed by atoms with Gasteiger partial charge in [0.1, 0.15) is 0 Å². The third kappa shape index (κ3) is 11.5. The standard InChI is InChI=1S/C19H32O6/c1-15(2)17(21)24-19(23,25-18(22)16(3)4)13-11-9-7-5-6-8-10-12-14-20/h20,23H,1,3,5-14H2,2,4H3. The molecule has 6 heteroatoms. The van der Waals surface area contributed by atoms with Crippen LogP contribution in [0.25, 0.3) is 0 Å². The van der Waals surface area contributed by atoms with E-state index in [2.05, 4.69) is 13.2 Å². The summed E-state index contributed by atoms with van der Waals surface area (Å²) in [6, 6.07) is 0. The normalized spacial score (nSPS) is 11.0. The predicted octanol–water partition coefficient (Wildman–Crippen LogP) is 3.37. The van der Waals surface area contributed by atoms with Crippen LogP contribution in [0.5, 0.6) is 0 Å². The van der Waals surface area contributed by atoms with E-state index in [1.54, 1.807) is 0 Å². The van der Waals surface area contributed by atoms with Crippen LogP contribution in [-0.2, 0) is 19.1 Å². The average Bonchev–Trinajstić information content (AvgIpc) is 2.52. The summed E-state index contributed by atoms with van der Waals surface area (Å²) in [4.78, 5) is 23.3. The molecule has 2 N–H and O–H groups in total. The van der Waals surface area contributed by atoms with Crippen molar-refractivity contribution in [3.63, 3.8) is 0 Å². The minimum absolute atomic E-state index is 0.00441. The molecule has 0 saturated carbocycles. The first-order valence-electron chi connectivity index (χ1n) is 8.83. The van der Waals surface area contributed by atoms with Gasteiger partial charge in [-0.1, -0.05) is 51.7 Å². The molecule has 0 bridgehead atoms. The molecule has 0 radical (unpaired) electrons. The van der Waals surface area contributed by atoms with Crippen molar-refractivity contribution in [2.24, 2.45) is 0 Å². The van der Waals surface area contributed by atoms with Gasteiger partial charge in [-0.2, -0.15) is 0 Å². The second-order valence-electron chi connectivity index (χ2n) is 6.35. The van der Waals surface area contributed by atoms with Crippen molar-refractivity contribution in [2.45, 2.75) is 77.6 Å². The van der Waals surface area contributed by atoms with Gasteiger partial charge in [-0.25, -0.2) is 9.59 Å². The van der Waals surface area contributed by atoms with Crippen LogP contribution >= 0.6 is 0 Å². The van der Waals surface area contributed by atoms with Crippen LogP contribution in [0.3, 0.4) is 0 Å². The van der Waals surface area contributed by atoms with Gasteiger partial charge in [0.2, 0.25) is 0 Å². The number of rotatable bonds is 14. The Labute approximate surface area is 150 Å². The van der Waals surface area contributed by atoms with E-state index in [1.807, 2.05) is 0 Å². The summed E-state index contributed by atoms with van der Waals surface area (Å²) in [5.74, 6) is -3.94. The highest BCUT2D eigenvalue weighted by molar-refractivity contribution is 5.88. The van der Waals surface area contributed by atoms with Gasteiger partial charge >= 0.3 is 17.9 Å².